The normalized spacial score (nSPS) is 22.4. The van der Waals surface area contributed by atoms with Crippen LogP contribution in [0.1, 0.15) is 18.4 Å². The average Bonchev–Trinajstić information content (AvgIpc) is 2.93. The number of amides is 1. The molecule has 1 aromatic carbocycles. The first kappa shape index (κ1) is 14.4. The second-order valence-corrected chi connectivity index (χ2v) is 6.06. The summed E-state index contributed by atoms with van der Waals surface area (Å²) in [7, 11) is 1.74. The number of thioether (sulfide) groups is 1. The molecule has 0 saturated carbocycles. The number of benzene rings is 1. The van der Waals surface area contributed by atoms with Crippen LogP contribution >= 0.6 is 11.8 Å². The minimum absolute atomic E-state index is 0.108. The first-order valence-corrected chi connectivity index (χ1v) is 7.83. The van der Waals surface area contributed by atoms with Gasteiger partial charge in [0, 0.05) is 25.8 Å². The molecule has 1 saturated heterocycles. The predicted molar refractivity (Wildman–Crippen MR) is 79.5 cm³/mol. The van der Waals surface area contributed by atoms with Gasteiger partial charge in [-0.3, -0.25) is 4.79 Å². The highest BCUT2D eigenvalue weighted by Crippen LogP contribution is 2.30. The Morgan fingerprint density at radius 1 is 1.42 bits per heavy atom. The van der Waals surface area contributed by atoms with Crippen LogP contribution in [0, 0.1) is 0 Å². The summed E-state index contributed by atoms with van der Waals surface area (Å²) in [6.45, 7) is 0.629. The summed E-state index contributed by atoms with van der Waals surface area (Å²) in [4.78, 5) is 11.9. The van der Waals surface area contributed by atoms with Crippen molar-refractivity contribution in [1.82, 2.24) is 5.32 Å². The Labute approximate surface area is 119 Å². The number of hydrogen-bond donors (Lipinski definition) is 1. The van der Waals surface area contributed by atoms with Crippen LogP contribution in [-0.2, 0) is 16.0 Å². The van der Waals surface area contributed by atoms with E-state index in [0.717, 1.165) is 24.3 Å². The number of carbonyl (C=O) groups is 1. The van der Waals surface area contributed by atoms with Gasteiger partial charge in [-0.05, 0) is 24.2 Å². The van der Waals surface area contributed by atoms with E-state index in [2.05, 4.69) is 17.4 Å². The van der Waals surface area contributed by atoms with E-state index in [9.17, 15) is 4.79 Å². The number of carbonyl (C=O) groups excluding carboxylic acids is 1. The SMILES string of the molecule is COC1(CNC(=O)CCc2ccccc2)CCSC1. The van der Waals surface area contributed by atoms with Gasteiger partial charge in [-0.25, -0.2) is 0 Å². The zero-order valence-corrected chi connectivity index (χ0v) is 12.2. The number of nitrogens with one attached hydrogen (secondary N) is 1. The highest BCUT2D eigenvalue weighted by atomic mass is 32.2. The van der Waals surface area contributed by atoms with Crippen molar-refractivity contribution in [3.8, 4) is 0 Å². The van der Waals surface area contributed by atoms with Crippen LogP contribution in [0.2, 0.25) is 0 Å². The lowest BCUT2D eigenvalue weighted by Gasteiger charge is -2.26. The van der Waals surface area contributed by atoms with Gasteiger partial charge in [0.25, 0.3) is 0 Å². The van der Waals surface area contributed by atoms with Crippen molar-refractivity contribution in [2.24, 2.45) is 0 Å². The maximum absolute atomic E-state index is 11.9. The topological polar surface area (TPSA) is 38.3 Å². The average molecular weight is 279 g/mol. The van der Waals surface area contributed by atoms with E-state index in [1.807, 2.05) is 30.0 Å². The Bertz CT molecular complexity index is 402. The number of ether oxygens (including phenoxy) is 1. The van der Waals surface area contributed by atoms with Gasteiger partial charge >= 0.3 is 0 Å². The quantitative estimate of drug-likeness (QED) is 0.868. The standard InChI is InChI=1S/C15H21NO2S/c1-18-15(9-10-19-12-15)11-16-14(17)8-7-13-5-3-2-4-6-13/h2-6H,7-12H2,1H3,(H,16,17). The van der Waals surface area contributed by atoms with E-state index in [-0.39, 0.29) is 11.5 Å². The van der Waals surface area contributed by atoms with E-state index >= 15 is 0 Å². The van der Waals surface area contributed by atoms with Gasteiger partial charge in [0.1, 0.15) is 0 Å². The maximum atomic E-state index is 11.9. The fraction of sp³-hybridized carbons (Fsp3) is 0.533. The number of rotatable bonds is 6. The van der Waals surface area contributed by atoms with Crippen molar-refractivity contribution in [2.45, 2.75) is 24.9 Å². The van der Waals surface area contributed by atoms with Gasteiger partial charge in [-0.15, -0.1) is 0 Å². The van der Waals surface area contributed by atoms with Crippen LogP contribution in [0.15, 0.2) is 30.3 Å². The second-order valence-electron chi connectivity index (χ2n) is 4.95. The van der Waals surface area contributed by atoms with Gasteiger partial charge in [0.05, 0.1) is 5.60 Å². The third-order valence-electron chi connectivity index (χ3n) is 3.59. The van der Waals surface area contributed by atoms with Crippen LogP contribution in [-0.4, -0.2) is 36.7 Å². The minimum atomic E-state index is -0.146. The summed E-state index contributed by atoms with van der Waals surface area (Å²) in [5.41, 5.74) is 1.06. The molecule has 0 radical (unpaired) electrons. The van der Waals surface area contributed by atoms with E-state index in [1.165, 1.54) is 5.56 Å². The molecule has 1 amide bonds. The Morgan fingerprint density at radius 2 is 2.21 bits per heavy atom. The zero-order valence-electron chi connectivity index (χ0n) is 11.4. The molecule has 1 aromatic rings. The van der Waals surface area contributed by atoms with Crippen molar-refractivity contribution in [1.29, 1.82) is 0 Å². The predicted octanol–water partition coefficient (Wildman–Crippen LogP) is 2.26. The lowest BCUT2D eigenvalue weighted by atomic mass is 10.0. The Kier molecular flexibility index (Phi) is 5.28. The number of methoxy groups -OCH3 is 1. The van der Waals surface area contributed by atoms with E-state index < -0.39 is 0 Å². The summed E-state index contributed by atoms with van der Waals surface area (Å²) in [5, 5.41) is 3.01. The van der Waals surface area contributed by atoms with Crippen LogP contribution < -0.4 is 5.32 Å². The summed E-state index contributed by atoms with van der Waals surface area (Å²) in [6.07, 6.45) is 2.35. The molecule has 1 aliphatic rings. The van der Waals surface area contributed by atoms with Crippen molar-refractivity contribution >= 4 is 17.7 Å². The minimum Gasteiger partial charge on any atom is -0.376 e. The third-order valence-corrected chi connectivity index (χ3v) is 4.81. The summed E-state index contributed by atoms with van der Waals surface area (Å²) < 4.78 is 5.58. The maximum Gasteiger partial charge on any atom is 0.220 e. The molecule has 1 atom stereocenters. The van der Waals surface area contributed by atoms with Crippen molar-refractivity contribution in [3.63, 3.8) is 0 Å². The fourth-order valence-corrected chi connectivity index (χ4v) is 3.61. The lowest BCUT2D eigenvalue weighted by molar-refractivity contribution is -0.122. The van der Waals surface area contributed by atoms with E-state index in [4.69, 9.17) is 4.74 Å². The summed E-state index contributed by atoms with van der Waals surface area (Å²) in [6, 6.07) is 10.1. The summed E-state index contributed by atoms with van der Waals surface area (Å²) in [5.74, 6) is 2.20. The number of aryl methyl sites for hydroxylation is 1. The molecule has 4 heteroatoms. The monoisotopic (exact) mass is 279 g/mol. The zero-order chi connectivity index (χ0) is 13.6. The first-order chi connectivity index (χ1) is 9.24. The highest BCUT2D eigenvalue weighted by Gasteiger charge is 2.34. The van der Waals surface area contributed by atoms with Gasteiger partial charge in [0.2, 0.25) is 5.91 Å². The van der Waals surface area contributed by atoms with E-state index in [0.29, 0.717) is 13.0 Å². The van der Waals surface area contributed by atoms with Crippen LogP contribution in [0.3, 0.4) is 0 Å². The molecule has 0 aromatic heterocycles. The van der Waals surface area contributed by atoms with Crippen molar-refractivity contribution < 1.29 is 9.53 Å². The molecule has 0 spiro atoms. The van der Waals surface area contributed by atoms with Gasteiger partial charge in [0.15, 0.2) is 0 Å². The van der Waals surface area contributed by atoms with Crippen molar-refractivity contribution in [2.75, 3.05) is 25.2 Å². The summed E-state index contributed by atoms with van der Waals surface area (Å²) >= 11 is 1.89. The largest absolute Gasteiger partial charge is 0.376 e. The Balaban J connectivity index is 1.72. The number of hydrogen-bond acceptors (Lipinski definition) is 3. The molecule has 1 aliphatic heterocycles. The Morgan fingerprint density at radius 3 is 2.84 bits per heavy atom. The van der Waals surface area contributed by atoms with Gasteiger partial charge in [-0.2, -0.15) is 11.8 Å². The van der Waals surface area contributed by atoms with Crippen LogP contribution in [0.5, 0.6) is 0 Å². The van der Waals surface area contributed by atoms with E-state index in [1.54, 1.807) is 7.11 Å². The van der Waals surface area contributed by atoms with Gasteiger partial charge in [-0.1, -0.05) is 30.3 Å². The van der Waals surface area contributed by atoms with Crippen LogP contribution in [0.4, 0.5) is 0 Å². The molecule has 0 aliphatic carbocycles. The molecular weight excluding hydrogens is 258 g/mol. The molecule has 3 nitrogen and oxygen atoms in total. The third kappa shape index (κ3) is 4.25. The van der Waals surface area contributed by atoms with Crippen molar-refractivity contribution in [3.05, 3.63) is 35.9 Å². The molecule has 2 rings (SSSR count). The molecule has 0 bridgehead atoms. The van der Waals surface area contributed by atoms with Gasteiger partial charge < -0.3 is 10.1 Å². The van der Waals surface area contributed by atoms with Crippen LogP contribution in [0.25, 0.3) is 0 Å². The molecule has 1 unspecified atom stereocenters. The highest BCUT2D eigenvalue weighted by molar-refractivity contribution is 7.99. The molecule has 1 heterocycles. The first-order valence-electron chi connectivity index (χ1n) is 6.68. The molecule has 1 fully saturated rings. The smallest absolute Gasteiger partial charge is 0.220 e. The second kappa shape index (κ2) is 6.96. The molecular formula is C15H21NO2S. The molecule has 1 N–H and O–H groups in total. The fourth-order valence-electron chi connectivity index (χ4n) is 2.21. The molecule has 104 valence electrons. The lowest BCUT2D eigenvalue weighted by Crippen LogP contribution is -2.44. The Hall–Kier alpha value is -1.00. The molecule has 19 heavy (non-hydrogen) atoms.